The maximum Gasteiger partial charge on any atom is 0.251 e. The molecule has 3 N–H and O–H groups in total. The Morgan fingerprint density at radius 3 is 2.65 bits per heavy atom. The van der Waals surface area contributed by atoms with Crippen LogP contribution < -0.4 is 11.1 Å². The fraction of sp³-hybridized carbons (Fsp3) is 0.727. The number of nitrogens with zero attached hydrogens (tertiary/aromatic N) is 1. The molecule has 0 spiro atoms. The lowest BCUT2D eigenvalue weighted by molar-refractivity contribution is -0.150. The Balaban J connectivity index is 1.97. The molecule has 6 heteroatoms. The van der Waals surface area contributed by atoms with Gasteiger partial charge in [0.15, 0.2) is 0 Å². The lowest BCUT2D eigenvalue weighted by Gasteiger charge is -2.38. The number of likely N-dealkylation sites (N-methyl/N-ethyl adjacent to an activating group) is 1. The summed E-state index contributed by atoms with van der Waals surface area (Å²) in [6.45, 7) is 0. The van der Waals surface area contributed by atoms with E-state index in [1.54, 1.807) is 0 Å². The van der Waals surface area contributed by atoms with Gasteiger partial charge < -0.3 is 11.1 Å². The van der Waals surface area contributed by atoms with Gasteiger partial charge in [0.1, 0.15) is 6.04 Å². The second-order valence-corrected chi connectivity index (χ2v) is 4.87. The van der Waals surface area contributed by atoms with Gasteiger partial charge >= 0.3 is 0 Å². The largest absolute Gasteiger partial charge is 0.343 e. The van der Waals surface area contributed by atoms with E-state index in [0.29, 0.717) is 19.3 Å². The first kappa shape index (κ1) is 12.0. The summed E-state index contributed by atoms with van der Waals surface area (Å²) < 4.78 is 0. The Bertz CT molecular complexity index is 376. The molecule has 0 radical (unpaired) electrons. The molecule has 3 amide bonds. The molecule has 0 aromatic heterocycles. The minimum atomic E-state index is -0.805. The third kappa shape index (κ3) is 2.04. The number of carbonyl (C=O) groups excluding carboxylic acids is 3. The highest BCUT2D eigenvalue weighted by atomic mass is 16.2. The SMILES string of the molecule is CN1C(=O)CCC(NC(=O)C2(N)CCC2)C1=O. The molecule has 1 unspecified atom stereocenters. The van der Waals surface area contributed by atoms with Crippen LogP contribution in [0.25, 0.3) is 0 Å². The van der Waals surface area contributed by atoms with Gasteiger partial charge in [0.25, 0.3) is 5.91 Å². The predicted molar refractivity (Wildman–Crippen MR) is 59.7 cm³/mol. The van der Waals surface area contributed by atoms with E-state index in [1.807, 2.05) is 0 Å². The van der Waals surface area contributed by atoms with Crippen LogP contribution in [0.3, 0.4) is 0 Å². The zero-order valence-electron chi connectivity index (χ0n) is 9.86. The molecule has 1 heterocycles. The quantitative estimate of drug-likeness (QED) is 0.613. The molecule has 1 saturated heterocycles. The van der Waals surface area contributed by atoms with Crippen molar-refractivity contribution in [2.75, 3.05) is 7.05 Å². The first-order valence-electron chi connectivity index (χ1n) is 5.84. The van der Waals surface area contributed by atoms with E-state index in [-0.39, 0.29) is 24.1 Å². The number of piperidine rings is 1. The monoisotopic (exact) mass is 239 g/mol. The smallest absolute Gasteiger partial charge is 0.251 e. The van der Waals surface area contributed by atoms with Gasteiger partial charge in [0.05, 0.1) is 5.54 Å². The predicted octanol–water partition coefficient (Wildman–Crippen LogP) is -0.869. The highest BCUT2D eigenvalue weighted by molar-refractivity contribution is 6.02. The second kappa shape index (κ2) is 4.10. The second-order valence-electron chi connectivity index (χ2n) is 4.87. The maximum atomic E-state index is 11.9. The van der Waals surface area contributed by atoms with Crippen LogP contribution in [-0.4, -0.2) is 41.2 Å². The Hall–Kier alpha value is -1.43. The summed E-state index contributed by atoms with van der Waals surface area (Å²) >= 11 is 0. The third-order valence-corrected chi connectivity index (χ3v) is 3.65. The van der Waals surface area contributed by atoms with Crippen LogP contribution >= 0.6 is 0 Å². The van der Waals surface area contributed by atoms with Crippen LogP contribution in [0.2, 0.25) is 0 Å². The molecule has 6 nitrogen and oxygen atoms in total. The molecular formula is C11H17N3O3. The van der Waals surface area contributed by atoms with Crippen molar-refractivity contribution >= 4 is 17.7 Å². The van der Waals surface area contributed by atoms with Crippen molar-refractivity contribution in [1.29, 1.82) is 0 Å². The number of nitrogens with two attached hydrogens (primary N) is 1. The number of hydrogen-bond donors (Lipinski definition) is 2. The van der Waals surface area contributed by atoms with Crippen LogP contribution in [0.1, 0.15) is 32.1 Å². The Kier molecular flexibility index (Phi) is 2.91. The standard InChI is InChI=1S/C11H17N3O3/c1-14-8(15)4-3-7(9(14)16)13-10(17)11(12)5-2-6-11/h7H,2-6,12H2,1H3,(H,13,17). The zero-order valence-corrected chi connectivity index (χ0v) is 9.86. The first-order chi connectivity index (χ1) is 7.94. The summed E-state index contributed by atoms with van der Waals surface area (Å²) in [5.74, 6) is -0.825. The summed E-state index contributed by atoms with van der Waals surface area (Å²) in [7, 11) is 1.44. The molecule has 1 saturated carbocycles. The fourth-order valence-corrected chi connectivity index (χ4v) is 2.14. The summed E-state index contributed by atoms with van der Waals surface area (Å²) in [5.41, 5.74) is 5.06. The molecule has 0 bridgehead atoms. The molecular weight excluding hydrogens is 222 g/mol. The lowest BCUT2D eigenvalue weighted by atomic mass is 9.77. The topological polar surface area (TPSA) is 92.5 Å². The average molecular weight is 239 g/mol. The normalized spacial score (nSPS) is 27.6. The molecule has 2 aliphatic rings. The first-order valence-corrected chi connectivity index (χ1v) is 5.84. The van der Waals surface area contributed by atoms with E-state index < -0.39 is 11.6 Å². The maximum absolute atomic E-state index is 11.9. The zero-order chi connectivity index (χ0) is 12.6. The van der Waals surface area contributed by atoms with Crippen LogP contribution in [0.5, 0.6) is 0 Å². The number of rotatable bonds is 2. The van der Waals surface area contributed by atoms with Crippen LogP contribution in [0.15, 0.2) is 0 Å². The van der Waals surface area contributed by atoms with E-state index in [9.17, 15) is 14.4 Å². The van der Waals surface area contributed by atoms with Crippen LogP contribution in [0.4, 0.5) is 0 Å². The van der Waals surface area contributed by atoms with Crippen molar-refractivity contribution in [2.24, 2.45) is 5.73 Å². The van der Waals surface area contributed by atoms with Crippen molar-refractivity contribution in [3.05, 3.63) is 0 Å². The molecule has 94 valence electrons. The number of likely N-dealkylation sites (tertiary alicyclic amines) is 1. The van der Waals surface area contributed by atoms with E-state index in [1.165, 1.54) is 7.05 Å². The van der Waals surface area contributed by atoms with E-state index in [4.69, 9.17) is 5.73 Å². The van der Waals surface area contributed by atoms with Crippen molar-refractivity contribution in [1.82, 2.24) is 10.2 Å². The summed E-state index contributed by atoms with van der Waals surface area (Å²) in [6, 6.07) is -0.605. The van der Waals surface area contributed by atoms with Gasteiger partial charge in [-0.15, -0.1) is 0 Å². The van der Waals surface area contributed by atoms with Gasteiger partial charge in [0, 0.05) is 13.5 Å². The highest BCUT2D eigenvalue weighted by Gasteiger charge is 2.42. The van der Waals surface area contributed by atoms with Gasteiger partial charge in [-0.25, -0.2) is 0 Å². The number of imide groups is 1. The molecule has 1 aliphatic carbocycles. The average Bonchev–Trinajstić information content (AvgIpc) is 2.26. The van der Waals surface area contributed by atoms with Gasteiger partial charge in [-0.1, -0.05) is 0 Å². The molecule has 1 aliphatic heterocycles. The molecule has 0 aromatic carbocycles. The van der Waals surface area contributed by atoms with Gasteiger partial charge in [-0.05, 0) is 25.7 Å². The highest BCUT2D eigenvalue weighted by Crippen LogP contribution is 2.29. The molecule has 1 atom stereocenters. The molecule has 2 rings (SSSR count). The van der Waals surface area contributed by atoms with Crippen molar-refractivity contribution in [3.63, 3.8) is 0 Å². The summed E-state index contributed by atoms with van der Waals surface area (Å²) in [4.78, 5) is 35.9. The van der Waals surface area contributed by atoms with Gasteiger partial charge in [0.2, 0.25) is 11.8 Å². The van der Waals surface area contributed by atoms with Crippen molar-refractivity contribution in [3.8, 4) is 0 Å². The minimum absolute atomic E-state index is 0.202. The fourth-order valence-electron chi connectivity index (χ4n) is 2.14. The third-order valence-electron chi connectivity index (χ3n) is 3.65. The van der Waals surface area contributed by atoms with Crippen LogP contribution in [-0.2, 0) is 14.4 Å². The Labute approximate surface area is 99.5 Å². The Morgan fingerprint density at radius 2 is 2.12 bits per heavy atom. The molecule has 0 aromatic rings. The van der Waals surface area contributed by atoms with Crippen LogP contribution in [0, 0.1) is 0 Å². The van der Waals surface area contributed by atoms with Gasteiger partial charge in [-0.3, -0.25) is 19.3 Å². The summed E-state index contributed by atoms with van der Waals surface area (Å²) in [5, 5.41) is 2.65. The van der Waals surface area contributed by atoms with Gasteiger partial charge in [-0.2, -0.15) is 0 Å². The van der Waals surface area contributed by atoms with E-state index >= 15 is 0 Å². The molecule has 2 fully saturated rings. The Morgan fingerprint density at radius 1 is 1.47 bits per heavy atom. The van der Waals surface area contributed by atoms with E-state index in [2.05, 4.69) is 5.32 Å². The number of carbonyl (C=O) groups is 3. The lowest BCUT2D eigenvalue weighted by Crippen LogP contribution is -2.63. The summed E-state index contributed by atoms with van der Waals surface area (Å²) in [6.07, 6.45) is 2.92. The van der Waals surface area contributed by atoms with E-state index in [0.717, 1.165) is 11.3 Å². The van der Waals surface area contributed by atoms with Crippen molar-refractivity contribution < 1.29 is 14.4 Å². The number of hydrogen-bond acceptors (Lipinski definition) is 4. The molecule has 17 heavy (non-hydrogen) atoms. The number of amides is 3. The van der Waals surface area contributed by atoms with Crippen molar-refractivity contribution in [2.45, 2.75) is 43.7 Å². The number of nitrogens with one attached hydrogen (secondary N) is 1. The minimum Gasteiger partial charge on any atom is -0.343 e.